The Bertz CT molecular complexity index is 448. The van der Waals surface area contributed by atoms with Gasteiger partial charge in [0.15, 0.2) is 0 Å². The number of fused-ring (bicyclic) bond motifs is 1. The van der Waals surface area contributed by atoms with Crippen LogP contribution in [0.5, 0.6) is 0 Å². The molecule has 2 rings (SSSR count). The smallest absolute Gasteiger partial charge is 0.274 e. The number of hydroxylamine groups is 1. The highest BCUT2D eigenvalue weighted by atomic mass is 16.5. The van der Waals surface area contributed by atoms with Crippen molar-refractivity contribution in [2.75, 3.05) is 0 Å². The first-order valence-corrected chi connectivity index (χ1v) is 3.83. The van der Waals surface area contributed by atoms with Gasteiger partial charge in [-0.15, -0.1) is 0 Å². The van der Waals surface area contributed by atoms with Gasteiger partial charge in [0.2, 0.25) is 0 Å². The third-order valence-corrected chi connectivity index (χ3v) is 1.92. The summed E-state index contributed by atoms with van der Waals surface area (Å²) in [5, 5.41) is 9.44. The van der Waals surface area contributed by atoms with Crippen molar-refractivity contribution in [2.24, 2.45) is 0 Å². The number of hydrogen-bond acceptors (Lipinski definition) is 2. The van der Waals surface area contributed by atoms with Crippen molar-refractivity contribution in [1.82, 2.24) is 10.5 Å². The molecule has 0 atom stereocenters. The molecule has 1 heterocycles. The molecule has 0 aliphatic rings. The lowest BCUT2D eigenvalue weighted by atomic mass is 10.1. The van der Waals surface area contributed by atoms with Gasteiger partial charge in [-0.1, -0.05) is 6.07 Å². The summed E-state index contributed by atoms with van der Waals surface area (Å²) in [4.78, 5) is 14.0. The minimum atomic E-state index is -0.503. The van der Waals surface area contributed by atoms with Crippen molar-refractivity contribution in [3.05, 3.63) is 36.0 Å². The van der Waals surface area contributed by atoms with Gasteiger partial charge in [-0.3, -0.25) is 10.0 Å². The van der Waals surface area contributed by atoms with E-state index in [0.29, 0.717) is 5.56 Å². The summed E-state index contributed by atoms with van der Waals surface area (Å²) in [6.45, 7) is 0. The van der Waals surface area contributed by atoms with E-state index in [9.17, 15) is 4.79 Å². The average molecular weight is 176 g/mol. The normalized spacial score (nSPS) is 10.2. The molecule has 0 spiro atoms. The first kappa shape index (κ1) is 7.82. The molecule has 0 saturated carbocycles. The molecule has 0 aliphatic heterocycles. The molecule has 0 saturated heterocycles. The van der Waals surface area contributed by atoms with Crippen molar-refractivity contribution in [1.29, 1.82) is 0 Å². The summed E-state index contributed by atoms with van der Waals surface area (Å²) >= 11 is 0. The molecule has 3 N–H and O–H groups in total. The van der Waals surface area contributed by atoms with Crippen LogP contribution >= 0.6 is 0 Å². The molecule has 0 bridgehead atoms. The highest BCUT2D eigenvalue weighted by Crippen LogP contribution is 2.13. The predicted molar refractivity (Wildman–Crippen MR) is 47.6 cm³/mol. The van der Waals surface area contributed by atoms with Gasteiger partial charge in [0.25, 0.3) is 5.91 Å². The lowest BCUT2D eigenvalue weighted by Gasteiger charge is -1.97. The molecule has 1 aromatic heterocycles. The first-order valence-electron chi connectivity index (χ1n) is 3.83. The number of H-pyrrole nitrogens is 1. The topological polar surface area (TPSA) is 65.1 Å². The van der Waals surface area contributed by atoms with Crippen LogP contribution in [0.3, 0.4) is 0 Å². The lowest BCUT2D eigenvalue weighted by Crippen LogP contribution is -2.18. The van der Waals surface area contributed by atoms with Crippen molar-refractivity contribution in [3.8, 4) is 0 Å². The molecular formula is C9H8N2O2. The van der Waals surface area contributed by atoms with Gasteiger partial charge in [-0.05, 0) is 23.6 Å². The molecule has 4 heteroatoms. The zero-order valence-electron chi connectivity index (χ0n) is 6.74. The fourth-order valence-electron chi connectivity index (χ4n) is 1.25. The number of carbonyl (C=O) groups is 1. The van der Waals surface area contributed by atoms with E-state index in [0.717, 1.165) is 10.9 Å². The minimum absolute atomic E-state index is 0.428. The van der Waals surface area contributed by atoms with E-state index in [1.54, 1.807) is 23.8 Å². The summed E-state index contributed by atoms with van der Waals surface area (Å²) in [6, 6.07) is 7.06. The Kier molecular flexibility index (Phi) is 1.75. The van der Waals surface area contributed by atoms with Crippen LogP contribution in [0.2, 0.25) is 0 Å². The molecule has 0 radical (unpaired) electrons. The van der Waals surface area contributed by atoms with Crippen LogP contribution in [-0.4, -0.2) is 16.1 Å². The standard InChI is InChI=1S/C9H8N2O2/c12-9(11-13)7-2-1-6-3-4-10-8(6)5-7/h1-5,10,13H,(H,11,12). The number of hydrogen-bond donors (Lipinski definition) is 3. The Morgan fingerprint density at radius 1 is 1.38 bits per heavy atom. The second-order valence-corrected chi connectivity index (χ2v) is 2.72. The Labute approximate surface area is 74.1 Å². The molecule has 1 aromatic carbocycles. The molecule has 2 aromatic rings. The lowest BCUT2D eigenvalue weighted by molar-refractivity contribution is 0.0706. The molecular weight excluding hydrogens is 168 g/mol. The summed E-state index contributed by atoms with van der Waals surface area (Å²) in [7, 11) is 0. The number of rotatable bonds is 1. The zero-order valence-corrected chi connectivity index (χ0v) is 6.74. The van der Waals surface area contributed by atoms with Crippen LogP contribution in [0, 0.1) is 0 Å². The largest absolute Gasteiger partial charge is 0.361 e. The van der Waals surface area contributed by atoms with Gasteiger partial charge in [0.05, 0.1) is 0 Å². The van der Waals surface area contributed by atoms with Gasteiger partial charge in [0, 0.05) is 17.3 Å². The number of carbonyl (C=O) groups excluding carboxylic acids is 1. The first-order chi connectivity index (χ1) is 6.31. The molecule has 13 heavy (non-hydrogen) atoms. The number of aromatic amines is 1. The van der Waals surface area contributed by atoms with Crippen LogP contribution < -0.4 is 5.48 Å². The van der Waals surface area contributed by atoms with Crippen molar-refractivity contribution in [2.45, 2.75) is 0 Å². The van der Waals surface area contributed by atoms with Gasteiger partial charge in [-0.25, -0.2) is 5.48 Å². The zero-order chi connectivity index (χ0) is 9.26. The molecule has 0 unspecified atom stereocenters. The third kappa shape index (κ3) is 1.27. The highest BCUT2D eigenvalue weighted by molar-refractivity contribution is 5.97. The summed E-state index contributed by atoms with van der Waals surface area (Å²) in [5.41, 5.74) is 2.89. The van der Waals surface area contributed by atoms with Gasteiger partial charge < -0.3 is 4.98 Å². The second-order valence-electron chi connectivity index (χ2n) is 2.72. The maximum Gasteiger partial charge on any atom is 0.274 e. The fraction of sp³-hybridized carbons (Fsp3) is 0. The molecule has 66 valence electrons. The van der Waals surface area contributed by atoms with Crippen LogP contribution in [0.1, 0.15) is 10.4 Å². The molecule has 0 aliphatic carbocycles. The van der Waals surface area contributed by atoms with E-state index in [1.807, 2.05) is 12.1 Å². The van der Waals surface area contributed by atoms with Crippen molar-refractivity contribution < 1.29 is 10.0 Å². The third-order valence-electron chi connectivity index (χ3n) is 1.92. The molecule has 4 nitrogen and oxygen atoms in total. The van der Waals surface area contributed by atoms with E-state index in [-0.39, 0.29) is 0 Å². The summed E-state index contributed by atoms with van der Waals surface area (Å²) < 4.78 is 0. The Balaban J connectivity index is 2.54. The highest BCUT2D eigenvalue weighted by Gasteiger charge is 2.04. The number of nitrogens with one attached hydrogen (secondary N) is 2. The quantitative estimate of drug-likeness (QED) is 0.452. The minimum Gasteiger partial charge on any atom is -0.361 e. The average Bonchev–Trinajstić information content (AvgIpc) is 2.63. The van der Waals surface area contributed by atoms with E-state index in [1.165, 1.54) is 0 Å². The van der Waals surface area contributed by atoms with Crippen molar-refractivity contribution in [3.63, 3.8) is 0 Å². The van der Waals surface area contributed by atoms with Gasteiger partial charge in [0.1, 0.15) is 0 Å². The Hall–Kier alpha value is -1.81. The van der Waals surface area contributed by atoms with Crippen LogP contribution in [0.15, 0.2) is 30.5 Å². The van der Waals surface area contributed by atoms with E-state index >= 15 is 0 Å². The van der Waals surface area contributed by atoms with E-state index in [2.05, 4.69) is 4.98 Å². The monoisotopic (exact) mass is 176 g/mol. The van der Waals surface area contributed by atoms with Crippen molar-refractivity contribution >= 4 is 16.8 Å². The van der Waals surface area contributed by atoms with Crippen LogP contribution in [0.4, 0.5) is 0 Å². The summed E-state index contributed by atoms with van der Waals surface area (Å²) in [6.07, 6.45) is 1.80. The van der Waals surface area contributed by atoms with E-state index in [4.69, 9.17) is 5.21 Å². The van der Waals surface area contributed by atoms with Gasteiger partial charge in [-0.2, -0.15) is 0 Å². The van der Waals surface area contributed by atoms with Crippen LogP contribution in [0.25, 0.3) is 10.9 Å². The fourth-order valence-corrected chi connectivity index (χ4v) is 1.25. The van der Waals surface area contributed by atoms with E-state index < -0.39 is 5.91 Å². The SMILES string of the molecule is O=C(NO)c1ccc2cc[nH]c2c1. The Morgan fingerprint density at radius 3 is 3.00 bits per heavy atom. The molecule has 1 amide bonds. The maximum absolute atomic E-state index is 11.0. The molecule has 0 fully saturated rings. The maximum atomic E-state index is 11.0. The Morgan fingerprint density at radius 2 is 2.23 bits per heavy atom. The number of amides is 1. The predicted octanol–water partition coefficient (Wildman–Crippen LogP) is 1.29. The second kappa shape index (κ2) is 2.91. The summed E-state index contributed by atoms with van der Waals surface area (Å²) in [5.74, 6) is -0.503. The van der Waals surface area contributed by atoms with Crippen LogP contribution in [-0.2, 0) is 0 Å². The number of benzene rings is 1. The number of aromatic nitrogens is 1. The van der Waals surface area contributed by atoms with Gasteiger partial charge >= 0.3 is 0 Å².